The summed E-state index contributed by atoms with van der Waals surface area (Å²) >= 11 is 1.47. The van der Waals surface area contributed by atoms with Crippen LogP contribution in [-0.2, 0) is 22.6 Å². The molecule has 0 unspecified atom stereocenters. The fourth-order valence-electron chi connectivity index (χ4n) is 5.85. The van der Waals surface area contributed by atoms with Gasteiger partial charge in [-0.25, -0.2) is 4.79 Å². The quantitative estimate of drug-likeness (QED) is 0.123. The van der Waals surface area contributed by atoms with Crippen LogP contribution < -0.4 is 5.32 Å². The van der Waals surface area contributed by atoms with Gasteiger partial charge in [0.1, 0.15) is 0 Å². The molecule has 7 nitrogen and oxygen atoms in total. The van der Waals surface area contributed by atoms with E-state index in [1.807, 2.05) is 91.0 Å². The average molecular weight is 660 g/mol. The van der Waals surface area contributed by atoms with E-state index in [0.29, 0.717) is 22.8 Å². The first-order chi connectivity index (χ1) is 23.4. The number of aromatic carboxylic acids is 1. The van der Waals surface area contributed by atoms with Gasteiger partial charge in [-0.1, -0.05) is 97.9 Å². The van der Waals surface area contributed by atoms with Gasteiger partial charge >= 0.3 is 5.97 Å². The van der Waals surface area contributed by atoms with Crippen LogP contribution in [0.3, 0.4) is 0 Å². The van der Waals surface area contributed by atoms with Crippen molar-refractivity contribution in [3.05, 3.63) is 161 Å². The molecule has 0 spiro atoms. The van der Waals surface area contributed by atoms with Crippen molar-refractivity contribution in [3.63, 3.8) is 0 Å². The summed E-state index contributed by atoms with van der Waals surface area (Å²) in [7, 11) is 0. The minimum atomic E-state index is -0.960. The van der Waals surface area contributed by atoms with E-state index in [1.165, 1.54) is 11.8 Å². The molecule has 5 aromatic carbocycles. The molecule has 1 aliphatic heterocycles. The zero-order valence-corrected chi connectivity index (χ0v) is 27.3. The van der Waals surface area contributed by atoms with E-state index in [1.54, 1.807) is 24.3 Å². The molecule has 0 aliphatic carbocycles. The van der Waals surface area contributed by atoms with Gasteiger partial charge < -0.3 is 25.0 Å². The summed E-state index contributed by atoms with van der Waals surface area (Å²) in [6.45, 7) is 2.45. The first-order valence-electron chi connectivity index (χ1n) is 15.9. The van der Waals surface area contributed by atoms with Crippen molar-refractivity contribution in [1.82, 2.24) is 5.32 Å². The number of carbonyl (C=O) groups is 2. The van der Waals surface area contributed by atoms with Crippen molar-refractivity contribution in [1.29, 1.82) is 0 Å². The SMILES string of the molecule is C[C@H]1[C@@H](CSc2ccccc2C(=O)O)O[C@@H](c2cccc(-c3cccc(CNC(=O)c4ccccc4)c3)c2)O[C@H]1c1ccc(CO)cc1. The number of hydrogen-bond acceptors (Lipinski definition) is 6. The number of benzene rings is 5. The number of rotatable bonds is 11. The lowest BCUT2D eigenvalue weighted by molar-refractivity contribution is -0.268. The van der Waals surface area contributed by atoms with Gasteiger partial charge in [0.2, 0.25) is 0 Å². The number of hydrogen-bond donors (Lipinski definition) is 3. The lowest BCUT2D eigenvalue weighted by atomic mass is 9.91. The highest BCUT2D eigenvalue weighted by molar-refractivity contribution is 7.99. The molecule has 244 valence electrons. The molecular formula is C40H37NO6S. The van der Waals surface area contributed by atoms with E-state index >= 15 is 0 Å². The molecule has 0 bridgehead atoms. The summed E-state index contributed by atoms with van der Waals surface area (Å²) < 4.78 is 13.3. The van der Waals surface area contributed by atoms with Gasteiger partial charge in [-0.05, 0) is 64.2 Å². The van der Waals surface area contributed by atoms with Gasteiger partial charge in [-0.2, -0.15) is 0 Å². The van der Waals surface area contributed by atoms with E-state index in [2.05, 4.69) is 24.4 Å². The van der Waals surface area contributed by atoms with E-state index < -0.39 is 12.3 Å². The zero-order chi connectivity index (χ0) is 33.5. The standard InChI is InChI=1S/C40H37NO6S/c1-26-35(25-48-36-16-6-5-15-34(36)39(44)45)46-40(47-37(26)29-19-17-27(24-42)18-20-29)33-14-8-13-32(22-33)31-12-7-9-28(21-31)23-41-38(43)30-10-3-2-4-11-30/h2-22,26,35,37,40,42H,23-25H2,1H3,(H,41,43)(H,44,45)/t26-,35+,37+,40+/m0/s1. The highest BCUT2D eigenvalue weighted by Gasteiger charge is 2.38. The van der Waals surface area contributed by atoms with Crippen LogP contribution in [0.15, 0.2) is 132 Å². The number of amides is 1. The number of nitrogens with one attached hydrogen (secondary N) is 1. The molecule has 8 heteroatoms. The van der Waals surface area contributed by atoms with Gasteiger partial charge in [0.15, 0.2) is 6.29 Å². The summed E-state index contributed by atoms with van der Waals surface area (Å²) in [5.41, 5.74) is 6.52. The molecule has 1 heterocycles. The summed E-state index contributed by atoms with van der Waals surface area (Å²) in [6, 6.07) is 40.1. The van der Waals surface area contributed by atoms with Crippen LogP contribution >= 0.6 is 11.8 Å². The normalized spacial score (nSPS) is 19.0. The van der Waals surface area contributed by atoms with Crippen molar-refractivity contribution in [2.45, 2.75) is 43.5 Å². The second-order valence-electron chi connectivity index (χ2n) is 11.8. The Morgan fingerprint density at radius 2 is 1.46 bits per heavy atom. The zero-order valence-electron chi connectivity index (χ0n) is 26.5. The smallest absolute Gasteiger partial charge is 0.336 e. The van der Waals surface area contributed by atoms with E-state index in [9.17, 15) is 19.8 Å². The monoisotopic (exact) mass is 659 g/mol. The van der Waals surface area contributed by atoms with Crippen molar-refractivity contribution >= 4 is 23.6 Å². The van der Waals surface area contributed by atoms with Crippen LogP contribution in [0.1, 0.15) is 62.3 Å². The van der Waals surface area contributed by atoms with Gasteiger partial charge in [0, 0.05) is 34.2 Å². The molecule has 5 aromatic rings. The molecule has 4 atom stereocenters. The Bertz CT molecular complexity index is 1860. The number of aliphatic hydroxyl groups excluding tert-OH is 1. The summed E-state index contributed by atoms with van der Waals surface area (Å²) in [6.07, 6.45) is -1.22. The van der Waals surface area contributed by atoms with Gasteiger partial charge in [-0.3, -0.25) is 4.79 Å². The third-order valence-electron chi connectivity index (χ3n) is 8.55. The Morgan fingerprint density at radius 1 is 0.750 bits per heavy atom. The largest absolute Gasteiger partial charge is 0.478 e. The Balaban J connectivity index is 1.24. The maximum absolute atomic E-state index is 12.6. The molecule has 1 saturated heterocycles. The van der Waals surface area contributed by atoms with E-state index in [4.69, 9.17) is 9.47 Å². The molecular weight excluding hydrogens is 623 g/mol. The molecule has 3 N–H and O–H groups in total. The topological polar surface area (TPSA) is 105 Å². The predicted molar refractivity (Wildman–Crippen MR) is 187 cm³/mol. The molecule has 0 saturated carbocycles. The highest BCUT2D eigenvalue weighted by Crippen LogP contribution is 2.43. The number of carboxylic acid groups (broad SMARTS) is 1. The predicted octanol–water partition coefficient (Wildman–Crippen LogP) is 8.06. The highest BCUT2D eigenvalue weighted by atomic mass is 32.2. The minimum absolute atomic E-state index is 0.0390. The Kier molecular flexibility index (Phi) is 10.7. The van der Waals surface area contributed by atoms with Crippen LogP contribution in [-0.4, -0.2) is 33.9 Å². The summed E-state index contributed by atoms with van der Waals surface area (Å²) in [5, 5.41) is 22.3. The van der Waals surface area contributed by atoms with Crippen molar-refractivity contribution in [3.8, 4) is 11.1 Å². The Morgan fingerprint density at radius 3 is 2.21 bits per heavy atom. The number of ether oxygens (including phenoxy) is 2. The van der Waals surface area contributed by atoms with Crippen LogP contribution in [0.25, 0.3) is 11.1 Å². The number of aliphatic hydroxyl groups is 1. The van der Waals surface area contributed by atoms with Crippen molar-refractivity contribution in [2.24, 2.45) is 5.92 Å². The maximum atomic E-state index is 12.6. The van der Waals surface area contributed by atoms with Crippen LogP contribution in [0, 0.1) is 5.92 Å². The molecule has 6 rings (SSSR count). The van der Waals surface area contributed by atoms with E-state index in [0.717, 1.165) is 33.4 Å². The van der Waals surface area contributed by atoms with Gasteiger partial charge in [0.05, 0.1) is 24.4 Å². The fourth-order valence-corrected chi connectivity index (χ4v) is 7.06. The summed E-state index contributed by atoms with van der Waals surface area (Å²) in [5.74, 6) is -0.592. The summed E-state index contributed by atoms with van der Waals surface area (Å²) in [4.78, 5) is 25.1. The molecule has 0 aromatic heterocycles. The Labute approximate surface area is 284 Å². The van der Waals surface area contributed by atoms with Crippen LogP contribution in [0.5, 0.6) is 0 Å². The number of thioether (sulfide) groups is 1. The first kappa shape index (κ1) is 33.2. The second-order valence-corrected chi connectivity index (χ2v) is 12.9. The van der Waals surface area contributed by atoms with Gasteiger partial charge in [-0.15, -0.1) is 11.8 Å². The average Bonchev–Trinajstić information content (AvgIpc) is 3.14. The third-order valence-corrected chi connectivity index (χ3v) is 9.71. The molecule has 48 heavy (non-hydrogen) atoms. The number of carboxylic acids is 1. The molecule has 1 fully saturated rings. The fraction of sp³-hybridized carbons (Fsp3) is 0.200. The van der Waals surface area contributed by atoms with Crippen LogP contribution in [0.2, 0.25) is 0 Å². The van der Waals surface area contributed by atoms with Crippen LogP contribution in [0.4, 0.5) is 0 Å². The molecule has 1 aliphatic rings. The third kappa shape index (κ3) is 7.86. The van der Waals surface area contributed by atoms with Crippen molar-refractivity contribution < 1.29 is 29.3 Å². The Hall–Kier alpha value is -4.73. The lowest BCUT2D eigenvalue weighted by Crippen LogP contribution is -2.38. The second kappa shape index (κ2) is 15.4. The van der Waals surface area contributed by atoms with Gasteiger partial charge in [0.25, 0.3) is 5.91 Å². The number of carbonyl (C=O) groups excluding carboxylic acids is 1. The molecule has 1 amide bonds. The molecule has 0 radical (unpaired) electrons. The first-order valence-corrected chi connectivity index (χ1v) is 16.9. The lowest BCUT2D eigenvalue weighted by Gasteiger charge is -2.41. The van der Waals surface area contributed by atoms with Crippen molar-refractivity contribution in [2.75, 3.05) is 5.75 Å². The minimum Gasteiger partial charge on any atom is -0.478 e. The van der Waals surface area contributed by atoms with E-state index in [-0.39, 0.29) is 36.2 Å². The maximum Gasteiger partial charge on any atom is 0.336 e.